The van der Waals surface area contributed by atoms with Crippen molar-refractivity contribution in [3.63, 3.8) is 0 Å². The molecule has 0 unspecified atom stereocenters. The normalized spacial score (nSPS) is 16.7. The minimum atomic E-state index is -0.208. The largest absolute Gasteiger partial charge is 0.331 e. The third-order valence-electron chi connectivity index (χ3n) is 4.21. The zero-order valence-electron chi connectivity index (χ0n) is 11.8. The molecule has 0 aliphatic carbocycles. The molecule has 3 rings (SSSR count). The lowest BCUT2D eigenvalue weighted by Crippen LogP contribution is -2.44. The highest BCUT2D eigenvalue weighted by Gasteiger charge is 2.21. The molecule has 1 fully saturated rings. The molecule has 1 aliphatic rings. The van der Waals surface area contributed by atoms with Crippen molar-refractivity contribution >= 4 is 10.9 Å². The maximum absolute atomic E-state index is 12.8. The molecule has 0 atom stereocenters. The second-order valence-corrected chi connectivity index (χ2v) is 5.47. The Balaban J connectivity index is 2.35. The SMILES string of the molecule is Cc1cccc2c1c(=O)n(C1CCNCC1)c(=O)n2C. The van der Waals surface area contributed by atoms with Gasteiger partial charge >= 0.3 is 5.69 Å². The minimum absolute atomic E-state index is 0.00598. The third kappa shape index (κ3) is 1.89. The van der Waals surface area contributed by atoms with Crippen LogP contribution in [0.3, 0.4) is 0 Å². The summed E-state index contributed by atoms with van der Waals surface area (Å²) in [6.07, 6.45) is 1.65. The van der Waals surface area contributed by atoms with E-state index < -0.39 is 0 Å². The Morgan fingerprint density at radius 1 is 1.20 bits per heavy atom. The minimum Gasteiger partial charge on any atom is -0.317 e. The first-order chi connectivity index (χ1) is 9.61. The standard InChI is InChI=1S/C15H19N3O2/c1-10-4-3-5-12-13(10)14(19)18(15(20)17(12)2)11-6-8-16-9-7-11/h3-5,11,16H,6-9H2,1-2H3. The molecule has 0 radical (unpaired) electrons. The summed E-state index contributed by atoms with van der Waals surface area (Å²) in [5, 5.41) is 3.92. The lowest BCUT2D eigenvalue weighted by molar-refractivity contribution is 0.347. The first-order valence-electron chi connectivity index (χ1n) is 7.03. The number of benzene rings is 1. The molecule has 2 aromatic rings. The molecule has 0 bridgehead atoms. The second kappa shape index (κ2) is 4.90. The van der Waals surface area contributed by atoms with Gasteiger partial charge in [-0.05, 0) is 44.5 Å². The lowest BCUT2D eigenvalue weighted by Gasteiger charge is -2.25. The Kier molecular flexibility index (Phi) is 3.22. The first kappa shape index (κ1) is 13.1. The van der Waals surface area contributed by atoms with E-state index in [1.807, 2.05) is 25.1 Å². The summed E-state index contributed by atoms with van der Waals surface area (Å²) in [6, 6.07) is 5.64. The molecule has 0 spiro atoms. The van der Waals surface area contributed by atoms with E-state index in [0.29, 0.717) is 10.9 Å². The highest BCUT2D eigenvalue weighted by Crippen LogP contribution is 2.17. The Bertz CT molecular complexity index is 767. The zero-order chi connectivity index (χ0) is 14.3. The fraction of sp³-hybridized carbons (Fsp3) is 0.467. The molecular formula is C15H19N3O2. The topological polar surface area (TPSA) is 56.0 Å². The number of nitrogens with zero attached hydrogens (tertiary/aromatic N) is 2. The van der Waals surface area contributed by atoms with E-state index in [0.717, 1.165) is 31.5 Å². The number of aryl methyl sites for hydroxylation is 2. The summed E-state index contributed by atoms with van der Waals surface area (Å²) in [5.41, 5.74) is 1.28. The fourth-order valence-electron chi connectivity index (χ4n) is 3.07. The number of hydrogen-bond acceptors (Lipinski definition) is 3. The van der Waals surface area contributed by atoms with Gasteiger partial charge in [0.2, 0.25) is 0 Å². The van der Waals surface area contributed by atoms with E-state index in [4.69, 9.17) is 0 Å². The van der Waals surface area contributed by atoms with Crippen LogP contribution in [-0.4, -0.2) is 22.2 Å². The van der Waals surface area contributed by atoms with Crippen molar-refractivity contribution in [2.24, 2.45) is 7.05 Å². The van der Waals surface area contributed by atoms with Gasteiger partial charge in [0.1, 0.15) is 0 Å². The van der Waals surface area contributed by atoms with Gasteiger partial charge in [-0.3, -0.25) is 13.9 Å². The lowest BCUT2D eigenvalue weighted by atomic mass is 10.1. The van der Waals surface area contributed by atoms with Crippen molar-refractivity contribution in [3.8, 4) is 0 Å². The highest BCUT2D eigenvalue weighted by molar-refractivity contribution is 5.81. The molecule has 20 heavy (non-hydrogen) atoms. The van der Waals surface area contributed by atoms with E-state index >= 15 is 0 Å². The molecule has 0 saturated carbocycles. The first-order valence-corrected chi connectivity index (χ1v) is 7.03. The summed E-state index contributed by atoms with van der Waals surface area (Å²) < 4.78 is 3.04. The Labute approximate surface area is 116 Å². The number of aromatic nitrogens is 2. The van der Waals surface area contributed by atoms with Crippen LogP contribution in [0.15, 0.2) is 27.8 Å². The van der Waals surface area contributed by atoms with Crippen LogP contribution < -0.4 is 16.6 Å². The monoisotopic (exact) mass is 273 g/mol. The maximum Gasteiger partial charge on any atom is 0.331 e. The summed E-state index contributed by atoms with van der Waals surface area (Å²) in [6.45, 7) is 3.62. The van der Waals surface area contributed by atoms with E-state index in [1.165, 1.54) is 4.57 Å². The van der Waals surface area contributed by atoms with Gasteiger partial charge in [0.25, 0.3) is 5.56 Å². The molecule has 106 valence electrons. The van der Waals surface area contributed by atoms with Crippen molar-refractivity contribution in [3.05, 3.63) is 44.6 Å². The quantitative estimate of drug-likeness (QED) is 0.841. The van der Waals surface area contributed by atoms with E-state index in [1.54, 1.807) is 11.6 Å². The van der Waals surface area contributed by atoms with Crippen LogP contribution in [0.1, 0.15) is 24.4 Å². The molecule has 1 aromatic heterocycles. The van der Waals surface area contributed by atoms with Gasteiger partial charge in [0.05, 0.1) is 10.9 Å². The van der Waals surface area contributed by atoms with Crippen molar-refractivity contribution in [2.45, 2.75) is 25.8 Å². The van der Waals surface area contributed by atoms with Gasteiger partial charge in [-0.25, -0.2) is 4.79 Å². The van der Waals surface area contributed by atoms with E-state index in [9.17, 15) is 9.59 Å². The molecule has 2 heterocycles. The van der Waals surface area contributed by atoms with Crippen LogP contribution in [0.25, 0.3) is 10.9 Å². The number of fused-ring (bicyclic) bond motifs is 1. The Morgan fingerprint density at radius 2 is 1.90 bits per heavy atom. The highest BCUT2D eigenvalue weighted by atomic mass is 16.2. The number of nitrogens with one attached hydrogen (secondary N) is 1. The Hall–Kier alpha value is -1.88. The molecule has 1 saturated heterocycles. The average Bonchev–Trinajstić information content (AvgIpc) is 2.46. The summed E-state index contributed by atoms with van der Waals surface area (Å²) in [5.74, 6) is 0. The molecular weight excluding hydrogens is 254 g/mol. The second-order valence-electron chi connectivity index (χ2n) is 5.47. The van der Waals surface area contributed by atoms with Crippen LogP contribution in [0.2, 0.25) is 0 Å². The summed E-state index contributed by atoms with van der Waals surface area (Å²) in [7, 11) is 1.74. The van der Waals surface area contributed by atoms with Gasteiger partial charge in [0, 0.05) is 13.1 Å². The number of hydrogen-bond donors (Lipinski definition) is 1. The number of rotatable bonds is 1. The Morgan fingerprint density at radius 3 is 2.60 bits per heavy atom. The smallest absolute Gasteiger partial charge is 0.317 e. The van der Waals surface area contributed by atoms with Crippen molar-refractivity contribution < 1.29 is 0 Å². The van der Waals surface area contributed by atoms with Crippen LogP contribution in [0.5, 0.6) is 0 Å². The van der Waals surface area contributed by atoms with Crippen LogP contribution in [-0.2, 0) is 7.05 Å². The molecule has 1 N–H and O–H groups in total. The zero-order valence-corrected chi connectivity index (χ0v) is 11.8. The van der Waals surface area contributed by atoms with E-state index in [-0.39, 0.29) is 17.3 Å². The van der Waals surface area contributed by atoms with Crippen LogP contribution in [0.4, 0.5) is 0 Å². The van der Waals surface area contributed by atoms with Crippen molar-refractivity contribution in [1.82, 2.24) is 14.5 Å². The van der Waals surface area contributed by atoms with Crippen molar-refractivity contribution in [1.29, 1.82) is 0 Å². The van der Waals surface area contributed by atoms with Gasteiger partial charge in [0.15, 0.2) is 0 Å². The van der Waals surface area contributed by atoms with Crippen LogP contribution in [0, 0.1) is 6.92 Å². The predicted octanol–water partition coefficient (Wildman–Crippen LogP) is 0.933. The van der Waals surface area contributed by atoms with Gasteiger partial charge in [-0.15, -0.1) is 0 Å². The molecule has 5 nitrogen and oxygen atoms in total. The van der Waals surface area contributed by atoms with E-state index in [2.05, 4.69) is 5.32 Å². The maximum atomic E-state index is 12.8. The molecule has 1 aliphatic heterocycles. The van der Waals surface area contributed by atoms with Crippen molar-refractivity contribution in [2.75, 3.05) is 13.1 Å². The summed E-state index contributed by atoms with van der Waals surface area (Å²) in [4.78, 5) is 25.3. The molecule has 1 aromatic carbocycles. The number of piperidine rings is 1. The van der Waals surface area contributed by atoms with Gasteiger partial charge < -0.3 is 5.32 Å². The average molecular weight is 273 g/mol. The van der Waals surface area contributed by atoms with Crippen LogP contribution >= 0.6 is 0 Å². The molecule has 5 heteroatoms. The third-order valence-corrected chi connectivity index (χ3v) is 4.21. The van der Waals surface area contributed by atoms with Gasteiger partial charge in [-0.2, -0.15) is 0 Å². The summed E-state index contributed by atoms with van der Waals surface area (Å²) >= 11 is 0. The predicted molar refractivity (Wildman–Crippen MR) is 79.3 cm³/mol. The van der Waals surface area contributed by atoms with Gasteiger partial charge in [-0.1, -0.05) is 12.1 Å². The molecule has 0 amide bonds. The fourth-order valence-corrected chi connectivity index (χ4v) is 3.07.